The standard InChI is InChI=1S/C28H33N7O/c1-19-17-21(5-8-24(19)36-23-9-11-29-12-10-23)25-26-28(31-18-30-25)33-27(32-26)20-3-6-22(7-4-20)35-15-13-34(2)14-16-35/h3-8,17-18,23,29H,9-16H2,1-2H3,(H,30,31,32,33). The largest absolute Gasteiger partial charge is 0.490 e. The van der Waals surface area contributed by atoms with Gasteiger partial charge in [0.25, 0.3) is 0 Å². The lowest BCUT2D eigenvalue weighted by atomic mass is 10.1. The molecular formula is C28H33N7O. The Labute approximate surface area is 211 Å². The Balaban J connectivity index is 1.25. The van der Waals surface area contributed by atoms with Crippen LogP contribution >= 0.6 is 0 Å². The van der Waals surface area contributed by atoms with Crippen molar-refractivity contribution in [1.29, 1.82) is 0 Å². The summed E-state index contributed by atoms with van der Waals surface area (Å²) in [4.78, 5) is 22.1. The highest BCUT2D eigenvalue weighted by Gasteiger charge is 2.18. The van der Waals surface area contributed by atoms with Crippen LogP contribution in [0.3, 0.4) is 0 Å². The molecule has 0 radical (unpaired) electrons. The first-order valence-corrected chi connectivity index (χ1v) is 12.9. The first kappa shape index (κ1) is 22.9. The highest BCUT2D eigenvalue weighted by atomic mass is 16.5. The minimum atomic E-state index is 0.277. The summed E-state index contributed by atoms with van der Waals surface area (Å²) in [5.74, 6) is 1.75. The van der Waals surface area contributed by atoms with Crippen LogP contribution in [0, 0.1) is 6.92 Å². The summed E-state index contributed by atoms with van der Waals surface area (Å²) in [6.07, 6.45) is 3.95. The number of benzene rings is 2. The van der Waals surface area contributed by atoms with E-state index in [0.717, 1.165) is 91.6 Å². The SMILES string of the molecule is Cc1cc(-c2ncnc3nc(-c4ccc(N5CCN(C)CC5)cc4)[nH]c23)ccc1OC1CCNCC1. The second-order valence-electron chi connectivity index (χ2n) is 9.89. The molecule has 2 saturated heterocycles. The average Bonchev–Trinajstić information content (AvgIpc) is 3.36. The Hall–Kier alpha value is -3.49. The monoisotopic (exact) mass is 483 g/mol. The Morgan fingerprint density at radius 3 is 2.42 bits per heavy atom. The maximum Gasteiger partial charge on any atom is 0.181 e. The van der Waals surface area contributed by atoms with E-state index in [2.05, 4.69) is 86.5 Å². The van der Waals surface area contributed by atoms with Gasteiger partial charge in [-0.25, -0.2) is 15.0 Å². The van der Waals surface area contributed by atoms with Crippen molar-refractivity contribution in [1.82, 2.24) is 30.2 Å². The van der Waals surface area contributed by atoms with Gasteiger partial charge in [-0.15, -0.1) is 0 Å². The number of H-pyrrole nitrogens is 1. The fraction of sp³-hybridized carbons (Fsp3) is 0.393. The molecule has 0 spiro atoms. The van der Waals surface area contributed by atoms with E-state index >= 15 is 0 Å². The number of imidazole rings is 1. The Morgan fingerprint density at radius 2 is 1.67 bits per heavy atom. The van der Waals surface area contributed by atoms with Crippen molar-refractivity contribution < 1.29 is 4.74 Å². The van der Waals surface area contributed by atoms with Crippen LogP contribution < -0.4 is 15.0 Å². The third-order valence-electron chi connectivity index (χ3n) is 7.33. The van der Waals surface area contributed by atoms with Crippen LogP contribution in [0.5, 0.6) is 5.75 Å². The Kier molecular flexibility index (Phi) is 6.29. The van der Waals surface area contributed by atoms with E-state index in [-0.39, 0.29) is 6.10 Å². The zero-order valence-corrected chi connectivity index (χ0v) is 21.0. The van der Waals surface area contributed by atoms with E-state index in [9.17, 15) is 0 Å². The van der Waals surface area contributed by atoms with Gasteiger partial charge in [0, 0.05) is 43.0 Å². The van der Waals surface area contributed by atoms with E-state index in [1.54, 1.807) is 6.33 Å². The smallest absolute Gasteiger partial charge is 0.181 e. The molecule has 2 aliphatic rings. The minimum absolute atomic E-state index is 0.277. The zero-order chi connectivity index (χ0) is 24.5. The van der Waals surface area contributed by atoms with Crippen molar-refractivity contribution in [2.75, 3.05) is 51.2 Å². The summed E-state index contributed by atoms with van der Waals surface area (Å²) in [6.45, 7) is 8.43. The molecule has 8 nitrogen and oxygen atoms in total. The van der Waals surface area contributed by atoms with Gasteiger partial charge in [-0.1, -0.05) is 0 Å². The topological polar surface area (TPSA) is 82.2 Å². The van der Waals surface area contributed by atoms with Gasteiger partial charge in [0.15, 0.2) is 5.65 Å². The fourth-order valence-corrected chi connectivity index (χ4v) is 5.10. The number of anilines is 1. The van der Waals surface area contributed by atoms with Gasteiger partial charge >= 0.3 is 0 Å². The summed E-state index contributed by atoms with van der Waals surface area (Å²) in [5, 5.41) is 3.39. The number of hydrogen-bond donors (Lipinski definition) is 2. The lowest BCUT2D eigenvalue weighted by molar-refractivity contribution is 0.161. The molecule has 4 heterocycles. The second-order valence-corrected chi connectivity index (χ2v) is 9.89. The number of hydrogen-bond acceptors (Lipinski definition) is 7. The van der Waals surface area contributed by atoms with E-state index < -0.39 is 0 Å². The van der Waals surface area contributed by atoms with Gasteiger partial charge in [0.05, 0.1) is 5.69 Å². The van der Waals surface area contributed by atoms with Crippen molar-refractivity contribution in [3.05, 3.63) is 54.4 Å². The maximum atomic E-state index is 6.29. The number of nitrogens with one attached hydrogen (secondary N) is 2. The molecule has 6 rings (SSSR count). The van der Waals surface area contributed by atoms with E-state index in [0.29, 0.717) is 5.65 Å². The molecule has 2 aromatic carbocycles. The normalized spacial score (nSPS) is 17.6. The number of piperidine rings is 1. The molecule has 4 aromatic rings. The van der Waals surface area contributed by atoms with Crippen molar-refractivity contribution in [3.63, 3.8) is 0 Å². The van der Waals surface area contributed by atoms with Crippen LogP contribution in [0.2, 0.25) is 0 Å². The summed E-state index contributed by atoms with van der Waals surface area (Å²) in [5.41, 5.74) is 6.80. The van der Waals surface area contributed by atoms with Crippen LogP contribution in [-0.4, -0.2) is 77.3 Å². The molecule has 36 heavy (non-hydrogen) atoms. The van der Waals surface area contributed by atoms with E-state index in [1.165, 1.54) is 5.69 Å². The summed E-state index contributed by atoms with van der Waals surface area (Å²) >= 11 is 0. The van der Waals surface area contributed by atoms with Crippen LogP contribution in [0.25, 0.3) is 33.8 Å². The molecule has 0 bridgehead atoms. The molecule has 2 aromatic heterocycles. The van der Waals surface area contributed by atoms with Crippen LogP contribution in [0.15, 0.2) is 48.8 Å². The average molecular weight is 484 g/mol. The van der Waals surface area contributed by atoms with E-state index in [1.807, 2.05) is 0 Å². The van der Waals surface area contributed by atoms with Gasteiger partial charge in [0.1, 0.15) is 29.5 Å². The number of nitrogens with zero attached hydrogens (tertiary/aromatic N) is 5. The molecule has 2 N–H and O–H groups in total. The third-order valence-corrected chi connectivity index (χ3v) is 7.33. The molecule has 0 atom stereocenters. The van der Waals surface area contributed by atoms with Crippen LogP contribution in [0.4, 0.5) is 5.69 Å². The van der Waals surface area contributed by atoms with Crippen LogP contribution in [0.1, 0.15) is 18.4 Å². The second kappa shape index (κ2) is 9.87. The van der Waals surface area contributed by atoms with Crippen LogP contribution in [-0.2, 0) is 0 Å². The molecule has 8 heteroatoms. The predicted molar refractivity (Wildman–Crippen MR) is 144 cm³/mol. The Bertz CT molecular complexity index is 1340. The molecule has 0 aliphatic carbocycles. The lowest BCUT2D eigenvalue weighted by Crippen LogP contribution is -2.44. The highest BCUT2D eigenvalue weighted by Crippen LogP contribution is 2.31. The fourth-order valence-electron chi connectivity index (χ4n) is 5.10. The summed E-state index contributed by atoms with van der Waals surface area (Å²) < 4.78 is 6.29. The molecule has 2 aliphatic heterocycles. The number of fused-ring (bicyclic) bond motifs is 1. The minimum Gasteiger partial charge on any atom is -0.490 e. The van der Waals surface area contributed by atoms with E-state index in [4.69, 9.17) is 9.72 Å². The summed E-state index contributed by atoms with van der Waals surface area (Å²) in [7, 11) is 2.18. The number of aromatic nitrogens is 4. The number of aromatic amines is 1. The first-order valence-electron chi connectivity index (χ1n) is 12.9. The summed E-state index contributed by atoms with van der Waals surface area (Å²) in [6, 6.07) is 14.9. The first-order chi connectivity index (χ1) is 17.6. The molecular weight excluding hydrogens is 450 g/mol. The molecule has 2 fully saturated rings. The van der Waals surface area contributed by atoms with Crippen molar-refractivity contribution in [3.8, 4) is 28.4 Å². The number of aryl methyl sites for hydroxylation is 1. The van der Waals surface area contributed by atoms with Crippen molar-refractivity contribution in [2.24, 2.45) is 0 Å². The van der Waals surface area contributed by atoms with Crippen molar-refractivity contribution in [2.45, 2.75) is 25.9 Å². The predicted octanol–water partition coefficient (Wildman–Crippen LogP) is 3.88. The van der Waals surface area contributed by atoms with Gasteiger partial charge in [0.2, 0.25) is 0 Å². The molecule has 186 valence electrons. The number of rotatable bonds is 5. The molecule has 0 unspecified atom stereocenters. The van der Waals surface area contributed by atoms with Gasteiger partial charge in [-0.3, -0.25) is 0 Å². The highest BCUT2D eigenvalue weighted by molar-refractivity contribution is 5.89. The quantitative estimate of drug-likeness (QED) is 0.446. The van der Waals surface area contributed by atoms with Crippen molar-refractivity contribution >= 4 is 16.9 Å². The van der Waals surface area contributed by atoms with Gasteiger partial charge in [-0.05, 0) is 87.9 Å². The lowest BCUT2D eigenvalue weighted by Gasteiger charge is -2.34. The maximum absolute atomic E-state index is 6.29. The zero-order valence-electron chi connectivity index (χ0n) is 21.0. The molecule has 0 amide bonds. The Morgan fingerprint density at radius 1 is 0.917 bits per heavy atom. The van der Waals surface area contributed by atoms with Gasteiger partial charge < -0.3 is 24.8 Å². The third kappa shape index (κ3) is 4.66. The number of ether oxygens (including phenoxy) is 1. The molecule has 0 saturated carbocycles. The number of likely N-dealkylation sites (N-methyl/N-ethyl adjacent to an activating group) is 1. The number of piperazine rings is 1. The van der Waals surface area contributed by atoms with Gasteiger partial charge in [-0.2, -0.15) is 0 Å².